The number of oxime groups is 1. The highest BCUT2D eigenvalue weighted by Crippen LogP contribution is 2.46. The van der Waals surface area contributed by atoms with E-state index in [0.29, 0.717) is 18.5 Å². The Kier molecular flexibility index (Phi) is 2.90. The number of amidine groups is 1. The molecular formula is C10H13N5O2. The summed E-state index contributed by atoms with van der Waals surface area (Å²) in [6.45, 7) is 0.285. The van der Waals surface area contributed by atoms with Gasteiger partial charge in [0.2, 0.25) is 5.91 Å². The molecule has 1 fully saturated rings. The third-order valence-corrected chi connectivity index (χ3v) is 2.84. The molecule has 2 rings (SSSR count). The monoisotopic (exact) mass is 235 g/mol. The molecular weight excluding hydrogens is 222 g/mol. The number of carbonyl (C=O) groups is 1. The second-order valence-corrected chi connectivity index (χ2v) is 3.97. The molecule has 1 saturated carbocycles. The van der Waals surface area contributed by atoms with Crippen molar-refractivity contribution in [2.75, 3.05) is 0 Å². The van der Waals surface area contributed by atoms with Gasteiger partial charge in [-0.1, -0.05) is 5.16 Å². The van der Waals surface area contributed by atoms with Crippen molar-refractivity contribution in [2.45, 2.75) is 19.4 Å². The van der Waals surface area contributed by atoms with Crippen molar-refractivity contribution in [1.82, 2.24) is 15.5 Å². The molecule has 1 aromatic rings. The summed E-state index contributed by atoms with van der Waals surface area (Å²) in [6, 6.07) is 3.50. The third-order valence-electron chi connectivity index (χ3n) is 2.84. The van der Waals surface area contributed by atoms with E-state index in [1.165, 1.54) is 0 Å². The quantitative estimate of drug-likeness (QED) is 0.285. The van der Waals surface area contributed by atoms with Crippen LogP contribution in [0.25, 0.3) is 0 Å². The van der Waals surface area contributed by atoms with Gasteiger partial charge in [-0.05, 0) is 25.0 Å². The van der Waals surface area contributed by atoms with Crippen LogP contribution in [-0.2, 0) is 11.3 Å². The van der Waals surface area contributed by atoms with Crippen LogP contribution in [0.4, 0.5) is 0 Å². The van der Waals surface area contributed by atoms with Crippen molar-refractivity contribution >= 4 is 11.7 Å². The van der Waals surface area contributed by atoms with Crippen molar-refractivity contribution < 1.29 is 10.0 Å². The Balaban J connectivity index is 1.95. The first-order chi connectivity index (χ1) is 8.19. The van der Waals surface area contributed by atoms with Crippen LogP contribution in [-0.4, -0.2) is 27.1 Å². The lowest BCUT2D eigenvalue weighted by molar-refractivity contribution is -0.124. The van der Waals surface area contributed by atoms with Crippen LogP contribution in [0.5, 0.6) is 0 Å². The highest BCUT2D eigenvalue weighted by molar-refractivity contribution is 6.09. The second-order valence-electron chi connectivity index (χ2n) is 3.97. The van der Waals surface area contributed by atoms with Crippen LogP contribution in [0.15, 0.2) is 23.5 Å². The van der Waals surface area contributed by atoms with E-state index in [-0.39, 0.29) is 18.3 Å². The fourth-order valence-electron chi connectivity index (χ4n) is 1.59. The van der Waals surface area contributed by atoms with Gasteiger partial charge in [0, 0.05) is 6.20 Å². The number of nitrogens with zero attached hydrogens (tertiary/aromatic N) is 3. The Morgan fingerprint density at radius 3 is 2.94 bits per heavy atom. The fourth-order valence-corrected chi connectivity index (χ4v) is 1.59. The largest absolute Gasteiger partial charge is 0.409 e. The number of hydrogen-bond acceptors (Lipinski definition) is 5. The number of aromatic nitrogens is 2. The van der Waals surface area contributed by atoms with Crippen molar-refractivity contribution in [3.8, 4) is 0 Å². The molecule has 0 unspecified atom stereocenters. The molecule has 1 aliphatic rings. The fraction of sp³-hybridized carbons (Fsp3) is 0.400. The highest BCUT2D eigenvalue weighted by atomic mass is 16.4. The third kappa shape index (κ3) is 2.17. The summed E-state index contributed by atoms with van der Waals surface area (Å²) >= 11 is 0. The van der Waals surface area contributed by atoms with E-state index < -0.39 is 5.41 Å². The SMILES string of the molecule is N/C(=N/O)C1(C(=O)NCc2cccnn2)CC1. The van der Waals surface area contributed by atoms with Crippen LogP contribution in [0.1, 0.15) is 18.5 Å². The Hall–Kier alpha value is -2.18. The zero-order valence-corrected chi connectivity index (χ0v) is 9.13. The first-order valence-electron chi connectivity index (χ1n) is 5.22. The number of amides is 1. The van der Waals surface area contributed by atoms with Gasteiger partial charge < -0.3 is 16.3 Å². The van der Waals surface area contributed by atoms with Crippen LogP contribution in [0, 0.1) is 5.41 Å². The molecule has 7 nitrogen and oxygen atoms in total. The van der Waals surface area contributed by atoms with Gasteiger partial charge in [-0.25, -0.2) is 0 Å². The Morgan fingerprint density at radius 2 is 2.41 bits per heavy atom. The van der Waals surface area contributed by atoms with Crippen molar-refractivity contribution in [1.29, 1.82) is 0 Å². The van der Waals surface area contributed by atoms with Crippen molar-refractivity contribution in [3.63, 3.8) is 0 Å². The molecule has 1 heterocycles. The summed E-state index contributed by atoms with van der Waals surface area (Å²) < 4.78 is 0. The number of rotatable bonds is 4. The van der Waals surface area contributed by atoms with Gasteiger partial charge in [0.05, 0.1) is 12.2 Å². The van der Waals surface area contributed by atoms with Crippen molar-refractivity contribution in [2.24, 2.45) is 16.3 Å². The molecule has 0 radical (unpaired) electrons. The lowest BCUT2D eigenvalue weighted by Gasteiger charge is -2.12. The standard InChI is InChI=1S/C10H13N5O2/c11-8(15-17)10(3-4-10)9(16)12-6-7-2-1-5-13-14-7/h1-2,5,17H,3-4,6H2,(H2,11,15)(H,12,16). The molecule has 0 spiro atoms. The predicted octanol–water partition coefficient (Wildman–Crippen LogP) is -0.381. The number of nitrogens with one attached hydrogen (secondary N) is 1. The normalized spacial score (nSPS) is 17.5. The summed E-state index contributed by atoms with van der Waals surface area (Å²) in [5.74, 6) is -0.271. The number of carbonyl (C=O) groups excluding carboxylic acids is 1. The summed E-state index contributed by atoms with van der Waals surface area (Å²) in [5.41, 5.74) is 5.33. The zero-order valence-electron chi connectivity index (χ0n) is 9.13. The van der Waals surface area contributed by atoms with Gasteiger partial charge in [0.1, 0.15) is 5.41 Å². The van der Waals surface area contributed by atoms with Crippen LogP contribution in [0.3, 0.4) is 0 Å². The van der Waals surface area contributed by atoms with Gasteiger partial charge in [-0.15, -0.1) is 0 Å². The summed E-state index contributed by atoms with van der Waals surface area (Å²) in [7, 11) is 0. The molecule has 0 atom stereocenters. The number of hydrogen-bond donors (Lipinski definition) is 3. The topological polar surface area (TPSA) is 113 Å². The maximum absolute atomic E-state index is 11.9. The van der Waals surface area contributed by atoms with E-state index in [1.807, 2.05) is 0 Å². The second kappa shape index (κ2) is 4.36. The molecule has 17 heavy (non-hydrogen) atoms. The molecule has 0 aliphatic heterocycles. The molecule has 1 amide bonds. The molecule has 7 heteroatoms. The number of nitrogens with two attached hydrogens (primary N) is 1. The smallest absolute Gasteiger partial charge is 0.234 e. The maximum atomic E-state index is 11.9. The van der Waals surface area contributed by atoms with Crippen molar-refractivity contribution in [3.05, 3.63) is 24.0 Å². The van der Waals surface area contributed by atoms with E-state index in [1.54, 1.807) is 18.3 Å². The molecule has 0 bridgehead atoms. The van der Waals surface area contributed by atoms with E-state index >= 15 is 0 Å². The van der Waals surface area contributed by atoms with E-state index in [9.17, 15) is 4.79 Å². The minimum Gasteiger partial charge on any atom is -0.409 e. The average Bonchev–Trinajstić information content (AvgIpc) is 3.17. The lowest BCUT2D eigenvalue weighted by atomic mass is 10.1. The van der Waals surface area contributed by atoms with E-state index in [2.05, 4.69) is 20.7 Å². The molecule has 0 saturated heterocycles. The van der Waals surface area contributed by atoms with Crippen LogP contribution in [0.2, 0.25) is 0 Å². The molecule has 90 valence electrons. The van der Waals surface area contributed by atoms with Crippen LogP contribution < -0.4 is 11.1 Å². The average molecular weight is 235 g/mol. The van der Waals surface area contributed by atoms with Gasteiger partial charge in [0.25, 0.3) is 0 Å². The minimum atomic E-state index is -0.822. The van der Waals surface area contributed by atoms with Gasteiger partial charge in [-0.2, -0.15) is 10.2 Å². The molecule has 0 aromatic carbocycles. The van der Waals surface area contributed by atoms with Gasteiger partial charge >= 0.3 is 0 Å². The molecule has 1 aromatic heterocycles. The summed E-state index contributed by atoms with van der Waals surface area (Å²) in [5, 5.41) is 21.8. The van der Waals surface area contributed by atoms with Gasteiger partial charge in [0.15, 0.2) is 5.84 Å². The Bertz CT molecular complexity index is 441. The first-order valence-corrected chi connectivity index (χ1v) is 5.22. The van der Waals surface area contributed by atoms with E-state index in [4.69, 9.17) is 10.9 Å². The minimum absolute atomic E-state index is 0.0332. The highest BCUT2D eigenvalue weighted by Gasteiger charge is 2.54. The zero-order chi connectivity index (χ0) is 12.3. The molecule has 1 aliphatic carbocycles. The van der Waals surface area contributed by atoms with Crippen LogP contribution >= 0.6 is 0 Å². The summed E-state index contributed by atoms with van der Waals surface area (Å²) in [4.78, 5) is 11.9. The Morgan fingerprint density at radius 1 is 1.65 bits per heavy atom. The summed E-state index contributed by atoms with van der Waals surface area (Å²) in [6.07, 6.45) is 2.77. The first kappa shape index (κ1) is 11.3. The van der Waals surface area contributed by atoms with E-state index in [0.717, 1.165) is 0 Å². The predicted molar refractivity (Wildman–Crippen MR) is 59.0 cm³/mol. The lowest BCUT2D eigenvalue weighted by Crippen LogP contribution is -2.40. The van der Waals surface area contributed by atoms with Gasteiger partial charge in [-0.3, -0.25) is 4.79 Å². The molecule has 4 N–H and O–H groups in total. The maximum Gasteiger partial charge on any atom is 0.234 e. The Labute approximate surface area is 97.7 Å².